The molecule has 0 aliphatic heterocycles. The van der Waals surface area contributed by atoms with Gasteiger partial charge in [0.15, 0.2) is 0 Å². The van der Waals surface area contributed by atoms with E-state index in [1.54, 1.807) is 0 Å². The molecule has 0 aromatic carbocycles. The van der Waals surface area contributed by atoms with E-state index in [0.717, 1.165) is 25.4 Å². The second-order valence-corrected chi connectivity index (χ2v) is 4.41. The first-order chi connectivity index (χ1) is 7.19. The first-order valence-electron chi connectivity index (χ1n) is 5.87. The summed E-state index contributed by atoms with van der Waals surface area (Å²) in [5.74, 6) is 0.742. The molecule has 86 valence electrons. The van der Waals surface area contributed by atoms with Gasteiger partial charge in [0, 0.05) is 24.3 Å². The lowest BCUT2D eigenvalue weighted by molar-refractivity contribution is 0.476. The maximum Gasteiger partial charge on any atom is 0.0537 e. The van der Waals surface area contributed by atoms with Gasteiger partial charge in [-0.3, -0.25) is 4.68 Å². The van der Waals surface area contributed by atoms with Gasteiger partial charge in [0.25, 0.3) is 0 Å². The van der Waals surface area contributed by atoms with Crippen LogP contribution in [0.25, 0.3) is 0 Å². The molecule has 0 spiro atoms. The molecule has 3 nitrogen and oxygen atoms in total. The van der Waals surface area contributed by atoms with Crippen molar-refractivity contribution in [2.24, 2.45) is 5.92 Å². The Kier molecular flexibility index (Phi) is 4.82. The summed E-state index contributed by atoms with van der Waals surface area (Å²) in [5, 5.41) is 7.64. The lowest BCUT2D eigenvalue weighted by Gasteiger charge is -2.09. The van der Waals surface area contributed by atoms with Gasteiger partial charge in [-0.05, 0) is 25.8 Å². The van der Waals surface area contributed by atoms with Gasteiger partial charge in [0.1, 0.15) is 0 Å². The van der Waals surface area contributed by atoms with Gasteiger partial charge in [-0.2, -0.15) is 5.10 Å². The van der Waals surface area contributed by atoms with Crippen molar-refractivity contribution in [1.82, 2.24) is 15.1 Å². The van der Waals surface area contributed by atoms with Gasteiger partial charge in [-0.15, -0.1) is 0 Å². The van der Waals surface area contributed by atoms with Gasteiger partial charge < -0.3 is 5.32 Å². The molecule has 15 heavy (non-hydrogen) atoms. The predicted octanol–water partition coefficient (Wildman–Crippen LogP) is 2.21. The van der Waals surface area contributed by atoms with Crippen molar-refractivity contribution < 1.29 is 0 Å². The van der Waals surface area contributed by atoms with E-state index in [0.29, 0.717) is 0 Å². The molecule has 0 saturated heterocycles. The number of nitrogens with zero attached hydrogens (tertiary/aromatic N) is 2. The Labute approximate surface area is 92.9 Å². The third kappa shape index (κ3) is 3.34. The molecule has 1 aromatic rings. The van der Waals surface area contributed by atoms with E-state index < -0.39 is 0 Å². The van der Waals surface area contributed by atoms with Gasteiger partial charge in [-0.25, -0.2) is 0 Å². The minimum atomic E-state index is 0.742. The highest BCUT2D eigenvalue weighted by atomic mass is 15.3. The Morgan fingerprint density at radius 1 is 1.47 bits per heavy atom. The summed E-state index contributed by atoms with van der Waals surface area (Å²) in [6.07, 6.45) is 4.26. The molecule has 0 radical (unpaired) electrons. The fourth-order valence-electron chi connectivity index (χ4n) is 1.77. The Morgan fingerprint density at radius 3 is 2.73 bits per heavy atom. The van der Waals surface area contributed by atoms with Crippen molar-refractivity contribution in [1.29, 1.82) is 0 Å². The second kappa shape index (κ2) is 5.91. The second-order valence-electron chi connectivity index (χ2n) is 4.41. The van der Waals surface area contributed by atoms with Crippen LogP contribution in [0.2, 0.25) is 0 Å². The third-order valence-corrected chi connectivity index (χ3v) is 2.66. The largest absolute Gasteiger partial charge is 0.316 e. The molecular formula is C12H23N3. The summed E-state index contributed by atoms with van der Waals surface area (Å²) in [5.41, 5.74) is 2.72. The fourth-order valence-corrected chi connectivity index (χ4v) is 1.77. The van der Waals surface area contributed by atoms with Crippen molar-refractivity contribution in [3.8, 4) is 0 Å². The van der Waals surface area contributed by atoms with Crippen LogP contribution in [0.1, 0.15) is 38.4 Å². The maximum atomic E-state index is 4.45. The molecule has 0 aliphatic rings. The standard InChI is InChI=1S/C12H23N3/c1-5-12-11(8-13-4)9-14-15(12)7-6-10(2)3/h9-10,13H,5-8H2,1-4H3. The van der Waals surface area contributed by atoms with Crippen LogP contribution < -0.4 is 5.32 Å². The van der Waals surface area contributed by atoms with Gasteiger partial charge in [-0.1, -0.05) is 20.8 Å². The van der Waals surface area contributed by atoms with Crippen LogP contribution in [0.3, 0.4) is 0 Å². The summed E-state index contributed by atoms with van der Waals surface area (Å²) in [7, 11) is 1.98. The number of aromatic nitrogens is 2. The summed E-state index contributed by atoms with van der Waals surface area (Å²) < 4.78 is 2.16. The van der Waals surface area contributed by atoms with Crippen molar-refractivity contribution in [2.45, 2.75) is 46.7 Å². The molecule has 1 rings (SSSR count). The van der Waals surface area contributed by atoms with E-state index in [1.165, 1.54) is 17.7 Å². The normalized spacial score (nSPS) is 11.3. The minimum Gasteiger partial charge on any atom is -0.316 e. The topological polar surface area (TPSA) is 29.9 Å². The third-order valence-electron chi connectivity index (χ3n) is 2.66. The molecule has 0 saturated carbocycles. The fraction of sp³-hybridized carbons (Fsp3) is 0.750. The molecule has 1 aromatic heterocycles. The quantitative estimate of drug-likeness (QED) is 0.778. The van der Waals surface area contributed by atoms with E-state index in [-0.39, 0.29) is 0 Å². The van der Waals surface area contributed by atoms with E-state index in [9.17, 15) is 0 Å². The van der Waals surface area contributed by atoms with Gasteiger partial charge in [0.05, 0.1) is 6.20 Å². The average Bonchev–Trinajstić information content (AvgIpc) is 2.58. The van der Waals surface area contributed by atoms with Crippen LogP contribution in [-0.2, 0) is 19.5 Å². The van der Waals surface area contributed by atoms with Crippen LogP contribution in [-0.4, -0.2) is 16.8 Å². The minimum absolute atomic E-state index is 0.742. The summed E-state index contributed by atoms with van der Waals surface area (Å²) in [6.45, 7) is 8.67. The molecule has 0 atom stereocenters. The number of aryl methyl sites for hydroxylation is 1. The number of hydrogen-bond donors (Lipinski definition) is 1. The van der Waals surface area contributed by atoms with Gasteiger partial charge >= 0.3 is 0 Å². The highest BCUT2D eigenvalue weighted by Gasteiger charge is 2.08. The number of hydrogen-bond acceptors (Lipinski definition) is 2. The monoisotopic (exact) mass is 209 g/mol. The molecule has 1 heterocycles. The first-order valence-corrected chi connectivity index (χ1v) is 5.87. The lowest BCUT2D eigenvalue weighted by Crippen LogP contribution is -2.10. The average molecular weight is 209 g/mol. The van der Waals surface area contributed by atoms with Crippen LogP contribution in [0.4, 0.5) is 0 Å². The zero-order valence-corrected chi connectivity index (χ0v) is 10.4. The van der Waals surface area contributed by atoms with Gasteiger partial charge in [0.2, 0.25) is 0 Å². The smallest absolute Gasteiger partial charge is 0.0537 e. The molecule has 0 aliphatic carbocycles. The maximum absolute atomic E-state index is 4.45. The molecule has 0 fully saturated rings. The molecular weight excluding hydrogens is 186 g/mol. The Morgan fingerprint density at radius 2 is 2.20 bits per heavy atom. The van der Waals surface area contributed by atoms with E-state index in [4.69, 9.17) is 0 Å². The molecule has 0 bridgehead atoms. The molecule has 0 amide bonds. The van der Waals surface area contributed by atoms with E-state index in [1.807, 2.05) is 13.2 Å². The summed E-state index contributed by atoms with van der Waals surface area (Å²) in [4.78, 5) is 0. The van der Waals surface area contributed by atoms with Crippen LogP contribution in [0.5, 0.6) is 0 Å². The van der Waals surface area contributed by atoms with E-state index in [2.05, 4.69) is 35.9 Å². The molecule has 3 heteroatoms. The molecule has 0 unspecified atom stereocenters. The first kappa shape index (κ1) is 12.2. The summed E-state index contributed by atoms with van der Waals surface area (Å²) in [6, 6.07) is 0. The number of nitrogens with one attached hydrogen (secondary N) is 1. The molecule has 1 N–H and O–H groups in total. The van der Waals surface area contributed by atoms with Crippen molar-refractivity contribution in [3.63, 3.8) is 0 Å². The lowest BCUT2D eigenvalue weighted by atomic mass is 10.1. The van der Waals surface area contributed by atoms with E-state index >= 15 is 0 Å². The van der Waals surface area contributed by atoms with Crippen LogP contribution >= 0.6 is 0 Å². The summed E-state index contributed by atoms with van der Waals surface area (Å²) >= 11 is 0. The van der Waals surface area contributed by atoms with Crippen LogP contribution in [0.15, 0.2) is 6.20 Å². The Bertz CT molecular complexity index is 289. The highest BCUT2D eigenvalue weighted by Crippen LogP contribution is 2.11. The predicted molar refractivity (Wildman–Crippen MR) is 63.8 cm³/mol. The number of rotatable bonds is 6. The Balaban J connectivity index is 2.70. The zero-order chi connectivity index (χ0) is 11.3. The van der Waals surface area contributed by atoms with Crippen molar-refractivity contribution in [2.75, 3.05) is 7.05 Å². The zero-order valence-electron chi connectivity index (χ0n) is 10.4. The van der Waals surface area contributed by atoms with Crippen molar-refractivity contribution in [3.05, 3.63) is 17.5 Å². The SMILES string of the molecule is CCc1c(CNC)cnn1CCC(C)C. The van der Waals surface area contributed by atoms with Crippen LogP contribution in [0, 0.1) is 5.92 Å². The van der Waals surface area contributed by atoms with Crippen molar-refractivity contribution >= 4 is 0 Å². The Hall–Kier alpha value is -0.830. The highest BCUT2D eigenvalue weighted by molar-refractivity contribution is 5.17.